The van der Waals surface area contributed by atoms with Crippen molar-refractivity contribution in [3.63, 3.8) is 0 Å². The molecule has 0 radical (unpaired) electrons. The van der Waals surface area contributed by atoms with Crippen LogP contribution in [0.3, 0.4) is 0 Å². The highest BCUT2D eigenvalue weighted by Gasteiger charge is 2.35. The topological polar surface area (TPSA) is 55.8 Å². The monoisotopic (exact) mass is 395 g/mol. The summed E-state index contributed by atoms with van der Waals surface area (Å²) >= 11 is 0. The summed E-state index contributed by atoms with van der Waals surface area (Å²) < 4.78 is 11.1. The van der Waals surface area contributed by atoms with E-state index >= 15 is 0 Å². The lowest BCUT2D eigenvalue weighted by molar-refractivity contribution is -0.156. The number of amides is 1. The summed E-state index contributed by atoms with van der Waals surface area (Å²) in [6, 6.07) is 15.3. The van der Waals surface area contributed by atoms with Crippen LogP contribution >= 0.6 is 0 Å². The highest BCUT2D eigenvalue weighted by atomic mass is 16.6. The molecule has 2 aromatic carbocycles. The van der Waals surface area contributed by atoms with Crippen molar-refractivity contribution in [1.82, 2.24) is 4.90 Å². The number of benzene rings is 2. The number of carbonyl (C=O) groups is 2. The average Bonchev–Trinajstić information content (AvgIpc) is 2.65. The molecular formula is C24H29NO4. The highest BCUT2D eigenvalue weighted by molar-refractivity contribution is 5.74. The number of ether oxygens (including phenoxy) is 2. The van der Waals surface area contributed by atoms with Crippen molar-refractivity contribution in [3.05, 3.63) is 70.8 Å². The standard InChI is InChI=1S/C24H29NO4/c1-17-9-8-12-19-13-14-25(23(27)28-16-18-10-6-5-7-11-18)20(22(17)19)15-21(26)29-24(2,3)4/h5-12,20H,13-16H2,1-4H3. The SMILES string of the molecule is Cc1cccc2c1C(CC(=O)OC(C)(C)C)N(C(=O)OCc1ccccc1)CC2. The van der Waals surface area contributed by atoms with E-state index in [-0.39, 0.29) is 19.0 Å². The third kappa shape index (κ3) is 5.37. The number of rotatable bonds is 4. The summed E-state index contributed by atoms with van der Waals surface area (Å²) in [4.78, 5) is 27.2. The molecule has 1 heterocycles. The van der Waals surface area contributed by atoms with Crippen LogP contribution < -0.4 is 0 Å². The van der Waals surface area contributed by atoms with E-state index in [1.54, 1.807) is 4.90 Å². The molecule has 29 heavy (non-hydrogen) atoms. The number of carbonyl (C=O) groups excluding carboxylic acids is 2. The molecule has 0 spiro atoms. The van der Waals surface area contributed by atoms with E-state index in [1.165, 1.54) is 5.56 Å². The zero-order valence-corrected chi connectivity index (χ0v) is 17.6. The van der Waals surface area contributed by atoms with Crippen LogP contribution in [0, 0.1) is 6.92 Å². The minimum absolute atomic E-state index is 0.107. The minimum Gasteiger partial charge on any atom is -0.460 e. The van der Waals surface area contributed by atoms with E-state index in [4.69, 9.17) is 9.47 Å². The molecular weight excluding hydrogens is 366 g/mol. The number of nitrogens with zero attached hydrogens (tertiary/aromatic N) is 1. The van der Waals surface area contributed by atoms with Crippen LogP contribution in [0.15, 0.2) is 48.5 Å². The van der Waals surface area contributed by atoms with Crippen LogP contribution in [0.5, 0.6) is 0 Å². The fraction of sp³-hybridized carbons (Fsp3) is 0.417. The molecule has 0 N–H and O–H groups in total. The van der Waals surface area contributed by atoms with Gasteiger partial charge in [-0.1, -0.05) is 48.5 Å². The predicted octanol–water partition coefficient (Wildman–Crippen LogP) is 4.96. The molecule has 0 aromatic heterocycles. The molecule has 1 unspecified atom stereocenters. The first-order valence-electron chi connectivity index (χ1n) is 10.0. The maximum Gasteiger partial charge on any atom is 0.410 e. The van der Waals surface area contributed by atoms with Crippen LogP contribution in [0.25, 0.3) is 0 Å². The van der Waals surface area contributed by atoms with E-state index in [1.807, 2.05) is 70.2 Å². The normalized spacial score (nSPS) is 16.1. The van der Waals surface area contributed by atoms with Gasteiger partial charge in [0.25, 0.3) is 0 Å². The second kappa shape index (κ2) is 8.68. The smallest absolute Gasteiger partial charge is 0.410 e. The molecule has 5 heteroatoms. The van der Waals surface area contributed by atoms with Gasteiger partial charge in [0.2, 0.25) is 0 Å². The Morgan fingerprint density at radius 1 is 1.07 bits per heavy atom. The summed E-state index contributed by atoms with van der Waals surface area (Å²) in [6.45, 7) is 8.26. The summed E-state index contributed by atoms with van der Waals surface area (Å²) in [5, 5.41) is 0. The number of aryl methyl sites for hydroxylation is 1. The van der Waals surface area contributed by atoms with Gasteiger partial charge in [-0.3, -0.25) is 4.79 Å². The lowest BCUT2D eigenvalue weighted by atomic mass is 9.87. The van der Waals surface area contributed by atoms with E-state index in [9.17, 15) is 9.59 Å². The number of hydrogen-bond donors (Lipinski definition) is 0. The number of hydrogen-bond acceptors (Lipinski definition) is 4. The second-order valence-electron chi connectivity index (χ2n) is 8.44. The minimum atomic E-state index is -0.570. The van der Waals surface area contributed by atoms with Crippen molar-refractivity contribution in [1.29, 1.82) is 0 Å². The zero-order chi connectivity index (χ0) is 21.0. The maximum absolute atomic E-state index is 12.9. The second-order valence-corrected chi connectivity index (χ2v) is 8.44. The quantitative estimate of drug-likeness (QED) is 0.687. The van der Waals surface area contributed by atoms with Gasteiger partial charge in [0.1, 0.15) is 12.2 Å². The summed E-state index contributed by atoms with van der Waals surface area (Å²) in [5.74, 6) is -0.320. The van der Waals surface area contributed by atoms with Gasteiger partial charge in [-0.15, -0.1) is 0 Å². The van der Waals surface area contributed by atoms with Crippen LogP contribution in [-0.2, 0) is 27.3 Å². The lowest BCUT2D eigenvalue weighted by Crippen LogP contribution is -2.42. The van der Waals surface area contributed by atoms with Gasteiger partial charge in [0.05, 0.1) is 12.5 Å². The molecule has 1 aliphatic heterocycles. The Hall–Kier alpha value is -2.82. The summed E-state index contributed by atoms with van der Waals surface area (Å²) in [7, 11) is 0. The highest BCUT2D eigenvalue weighted by Crippen LogP contribution is 2.35. The van der Waals surface area contributed by atoms with E-state index in [0.717, 1.165) is 23.1 Å². The van der Waals surface area contributed by atoms with Crippen LogP contribution in [-0.4, -0.2) is 29.1 Å². The summed E-state index contributed by atoms with van der Waals surface area (Å²) in [5.41, 5.74) is 3.63. The Kier molecular flexibility index (Phi) is 6.26. The third-order valence-corrected chi connectivity index (χ3v) is 4.97. The first kappa shape index (κ1) is 20.9. The molecule has 0 saturated heterocycles. The number of esters is 1. The molecule has 0 aliphatic carbocycles. The molecule has 1 atom stereocenters. The largest absolute Gasteiger partial charge is 0.460 e. The molecule has 154 valence electrons. The van der Waals surface area contributed by atoms with Gasteiger partial charge in [-0.25, -0.2) is 4.79 Å². The zero-order valence-electron chi connectivity index (χ0n) is 17.6. The maximum atomic E-state index is 12.9. The van der Waals surface area contributed by atoms with Gasteiger partial charge in [-0.05, 0) is 56.4 Å². The molecule has 5 nitrogen and oxygen atoms in total. The number of fused-ring (bicyclic) bond motifs is 1. The van der Waals surface area contributed by atoms with Crippen molar-refractivity contribution in [3.8, 4) is 0 Å². The summed E-state index contributed by atoms with van der Waals surface area (Å²) in [6.07, 6.45) is 0.439. The molecule has 0 saturated carbocycles. The van der Waals surface area contributed by atoms with Gasteiger partial charge in [0, 0.05) is 6.54 Å². The first-order chi connectivity index (χ1) is 13.7. The fourth-order valence-electron chi connectivity index (χ4n) is 3.76. The molecule has 0 fully saturated rings. The van der Waals surface area contributed by atoms with E-state index in [0.29, 0.717) is 6.54 Å². The average molecular weight is 395 g/mol. The van der Waals surface area contributed by atoms with Crippen LogP contribution in [0.1, 0.15) is 55.5 Å². The van der Waals surface area contributed by atoms with Crippen molar-refractivity contribution in [2.75, 3.05) is 6.54 Å². The molecule has 1 amide bonds. The van der Waals surface area contributed by atoms with Crippen molar-refractivity contribution in [2.24, 2.45) is 0 Å². The fourth-order valence-corrected chi connectivity index (χ4v) is 3.76. The van der Waals surface area contributed by atoms with Gasteiger partial charge in [0.15, 0.2) is 0 Å². The third-order valence-electron chi connectivity index (χ3n) is 4.97. The van der Waals surface area contributed by atoms with Gasteiger partial charge in [-0.2, -0.15) is 0 Å². The Labute approximate surface area is 172 Å². The molecule has 2 aromatic rings. The Balaban J connectivity index is 1.81. The Morgan fingerprint density at radius 2 is 1.79 bits per heavy atom. The lowest BCUT2D eigenvalue weighted by Gasteiger charge is -2.37. The van der Waals surface area contributed by atoms with E-state index < -0.39 is 17.7 Å². The predicted molar refractivity (Wildman–Crippen MR) is 111 cm³/mol. The van der Waals surface area contributed by atoms with E-state index in [2.05, 4.69) is 6.07 Å². The Bertz CT molecular complexity index is 870. The van der Waals surface area contributed by atoms with Gasteiger partial charge >= 0.3 is 12.1 Å². The van der Waals surface area contributed by atoms with Crippen molar-refractivity contribution >= 4 is 12.1 Å². The van der Waals surface area contributed by atoms with Crippen molar-refractivity contribution < 1.29 is 19.1 Å². The molecule has 0 bridgehead atoms. The Morgan fingerprint density at radius 3 is 2.48 bits per heavy atom. The molecule has 3 rings (SSSR count). The van der Waals surface area contributed by atoms with Crippen LogP contribution in [0.4, 0.5) is 4.79 Å². The molecule has 1 aliphatic rings. The first-order valence-corrected chi connectivity index (χ1v) is 10.0. The van der Waals surface area contributed by atoms with Gasteiger partial charge < -0.3 is 14.4 Å². The van der Waals surface area contributed by atoms with Crippen LogP contribution in [0.2, 0.25) is 0 Å². The van der Waals surface area contributed by atoms with Crippen molar-refractivity contribution in [2.45, 2.75) is 58.8 Å².